The van der Waals surface area contributed by atoms with Crippen LogP contribution in [0.15, 0.2) is 48.7 Å². The van der Waals surface area contributed by atoms with Crippen LogP contribution >= 0.6 is 0 Å². The minimum Gasteiger partial charge on any atom is -0.378 e. The molecule has 31 heavy (non-hydrogen) atoms. The number of benzene rings is 1. The molecule has 9 heteroatoms. The van der Waals surface area contributed by atoms with E-state index < -0.39 is 0 Å². The van der Waals surface area contributed by atoms with Crippen molar-refractivity contribution in [1.82, 2.24) is 19.9 Å². The van der Waals surface area contributed by atoms with Crippen LogP contribution in [-0.4, -0.2) is 72.4 Å². The summed E-state index contributed by atoms with van der Waals surface area (Å²) in [5, 5.41) is 0. The Labute approximate surface area is 180 Å². The molecule has 0 atom stereocenters. The van der Waals surface area contributed by atoms with Gasteiger partial charge in [0.2, 0.25) is 11.9 Å². The highest BCUT2D eigenvalue weighted by atomic mass is 19.1. The molecular formula is C22H24FN7O. The molecule has 0 saturated carbocycles. The average Bonchev–Trinajstić information content (AvgIpc) is 2.85. The van der Waals surface area contributed by atoms with Crippen LogP contribution in [0.5, 0.6) is 0 Å². The van der Waals surface area contributed by atoms with Crippen molar-refractivity contribution in [3.8, 4) is 11.4 Å². The molecule has 0 radical (unpaired) electrons. The highest BCUT2D eigenvalue weighted by Gasteiger charge is 2.24. The van der Waals surface area contributed by atoms with Crippen molar-refractivity contribution < 1.29 is 9.13 Å². The molecule has 3 aromatic rings. The Kier molecular flexibility index (Phi) is 5.57. The number of aromatic nitrogens is 4. The van der Waals surface area contributed by atoms with E-state index in [9.17, 15) is 4.39 Å². The quantitative estimate of drug-likeness (QED) is 0.635. The fourth-order valence-electron chi connectivity index (χ4n) is 3.84. The average molecular weight is 421 g/mol. The second kappa shape index (κ2) is 8.81. The SMILES string of the molecule is Fc1ccccc1-c1nc(N2CCOCC2)nc(N2CCN(c3ccccn3)CC2)n1. The van der Waals surface area contributed by atoms with Crippen molar-refractivity contribution in [2.75, 3.05) is 67.2 Å². The minimum absolute atomic E-state index is 0.340. The van der Waals surface area contributed by atoms with Crippen molar-refractivity contribution in [3.05, 3.63) is 54.5 Å². The maximum Gasteiger partial charge on any atom is 0.230 e. The normalized spacial score (nSPS) is 17.1. The number of halogens is 1. The second-order valence-electron chi connectivity index (χ2n) is 7.50. The van der Waals surface area contributed by atoms with Gasteiger partial charge in [-0.2, -0.15) is 15.0 Å². The predicted octanol–water partition coefficient (Wildman–Crippen LogP) is 2.24. The molecule has 2 aliphatic rings. The van der Waals surface area contributed by atoms with Gasteiger partial charge < -0.3 is 19.4 Å². The van der Waals surface area contributed by atoms with Gasteiger partial charge in [0, 0.05) is 45.5 Å². The number of morpholine rings is 1. The lowest BCUT2D eigenvalue weighted by molar-refractivity contribution is 0.122. The number of hydrogen-bond acceptors (Lipinski definition) is 8. The zero-order chi connectivity index (χ0) is 21.0. The first kappa shape index (κ1) is 19.6. The number of rotatable bonds is 4. The Morgan fingerprint density at radius 2 is 1.35 bits per heavy atom. The van der Waals surface area contributed by atoms with Crippen molar-refractivity contribution in [2.24, 2.45) is 0 Å². The second-order valence-corrected chi connectivity index (χ2v) is 7.50. The van der Waals surface area contributed by atoms with Gasteiger partial charge in [0.05, 0.1) is 18.8 Å². The Bertz CT molecular complexity index is 1020. The zero-order valence-corrected chi connectivity index (χ0v) is 17.2. The lowest BCUT2D eigenvalue weighted by Gasteiger charge is -2.36. The van der Waals surface area contributed by atoms with Gasteiger partial charge in [-0.25, -0.2) is 9.37 Å². The van der Waals surface area contributed by atoms with Crippen LogP contribution < -0.4 is 14.7 Å². The first-order chi connectivity index (χ1) is 15.3. The van der Waals surface area contributed by atoms with Gasteiger partial charge in [-0.3, -0.25) is 0 Å². The molecule has 160 valence electrons. The molecule has 0 N–H and O–H groups in total. The third-order valence-corrected chi connectivity index (χ3v) is 5.56. The van der Waals surface area contributed by atoms with E-state index in [1.807, 2.05) is 24.4 Å². The molecule has 0 aliphatic carbocycles. The van der Waals surface area contributed by atoms with Gasteiger partial charge in [0.15, 0.2) is 5.82 Å². The van der Waals surface area contributed by atoms with Crippen LogP contribution in [0.25, 0.3) is 11.4 Å². The number of piperazine rings is 1. The van der Waals surface area contributed by atoms with E-state index in [4.69, 9.17) is 9.72 Å². The fourth-order valence-corrected chi connectivity index (χ4v) is 3.84. The van der Waals surface area contributed by atoms with Crippen molar-refractivity contribution in [1.29, 1.82) is 0 Å². The Morgan fingerprint density at radius 3 is 2.03 bits per heavy atom. The molecule has 2 fully saturated rings. The van der Waals surface area contributed by atoms with Gasteiger partial charge >= 0.3 is 0 Å². The molecule has 2 saturated heterocycles. The van der Waals surface area contributed by atoms with E-state index >= 15 is 0 Å². The highest BCUT2D eigenvalue weighted by molar-refractivity contribution is 5.59. The first-order valence-corrected chi connectivity index (χ1v) is 10.5. The molecule has 4 heterocycles. The van der Waals surface area contributed by atoms with E-state index in [0.717, 1.165) is 32.0 Å². The summed E-state index contributed by atoms with van der Waals surface area (Å²) in [5.74, 6) is 2.14. The van der Waals surface area contributed by atoms with Crippen LogP contribution in [0.2, 0.25) is 0 Å². The monoisotopic (exact) mass is 421 g/mol. The lowest BCUT2D eigenvalue weighted by atomic mass is 10.2. The molecule has 8 nitrogen and oxygen atoms in total. The molecule has 1 aromatic carbocycles. The third-order valence-electron chi connectivity index (χ3n) is 5.56. The van der Waals surface area contributed by atoms with E-state index in [2.05, 4.69) is 29.7 Å². The van der Waals surface area contributed by atoms with Gasteiger partial charge in [0.25, 0.3) is 0 Å². The number of anilines is 3. The number of nitrogens with zero attached hydrogens (tertiary/aromatic N) is 7. The van der Waals surface area contributed by atoms with Crippen molar-refractivity contribution >= 4 is 17.7 Å². The molecule has 0 unspecified atom stereocenters. The number of hydrogen-bond donors (Lipinski definition) is 0. The van der Waals surface area contributed by atoms with Gasteiger partial charge in [-0.1, -0.05) is 18.2 Å². The van der Waals surface area contributed by atoms with Crippen molar-refractivity contribution in [3.63, 3.8) is 0 Å². The van der Waals surface area contributed by atoms with Crippen LogP contribution in [0.4, 0.5) is 22.1 Å². The summed E-state index contributed by atoms with van der Waals surface area (Å²) in [4.78, 5) is 24.9. The summed E-state index contributed by atoms with van der Waals surface area (Å²) in [6.45, 7) is 5.77. The molecule has 2 aromatic heterocycles. The first-order valence-electron chi connectivity index (χ1n) is 10.5. The lowest BCUT2D eigenvalue weighted by Crippen LogP contribution is -2.47. The zero-order valence-electron chi connectivity index (χ0n) is 17.2. The molecule has 0 amide bonds. The summed E-state index contributed by atoms with van der Waals surface area (Å²) < 4.78 is 20.0. The van der Waals surface area contributed by atoms with E-state index in [1.54, 1.807) is 18.2 Å². The standard InChI is InChI=1S/C22H24FN7O/c23-18-6-2-1-5-17(18)20-25-21(27-22(26-20)30-13-15-31-16-14-30)29-11-9-28(10-12-29)19-7-3-4-8-24-19/h1-8H,9-16H2. The van der Waals surface area contributed by atoms with Gasteiger partial charge in [-0.15, -0.1) is 0 Å². The maximum atomic E-state index is 14.5. The van der Waals surface area contributed by atoms with E-state index in [-0.39, 0.29) is 5.82 Å². The predicted molar refractivity (Wildman–Crippen MR) is 117 cm³/mol. The van der Waals surface area contributed by atoms with Crippen LogP contribution in [0.3, 0.4) is 0 Å². The highest BCUT2D eigenvalue weighted by Crippen LogP contribution is 2.25. The van der Waals surface area contributed by atoms with Crippen LogP contribution in [0.1, 0.15) is 0 Å². The number of pyridine rings is 1. The smallest absolute Gasteiger partial charge is 0.230 e. The van der Waals surface area contributed by atoms with Crippen molar-refractivity contribution in [2.45, 2.75) is 0 Å². The Morgan fingerprint density at radius 1 is 0.710 bits per heavy atom. The molecule has 0 spiro atoms. The minimum atomic E-state index is -0.340. The molecule has 2 aliphatic heterocycles. The van der Waals surface area contributed by atoms with Crippen LogP contribution in [0, 0.1) is 5.82 Å². The Balaban J connectivity index is 1.43. The topological polar surface area (TPSA) is 70.5 Å². The number of ether oxygens (including phenoxy) is 1. The van der Waals surface area contributed by atoms with E-state index in [1.165, 1.54) is 6.07 Å². The largest absolute Gasteiger partial charge is 0.378 e. The maximum absolute atomic E-state index is 14.5. The van der Waals surface area contributed by atoms with Gasteiger partial charge in [0.1, 0.15) is 11.6 Å². The summed E-state index contributed by atoms with van der Waals surface area (Å²) in [7, 11) is 0. The van der Waals surface area contributed by atoms with Gasteiger partial charge in [-0.05, 0) is 24.3 Å². The fraction of sp³-hybridized carbons (Fsp3) is 0.364. The van der Waals surface area contributed by atoms with E-state index in [0.29, 0.717) is 49.6 Å². The molecule has 5 rings (SSSR count). The Hall–Kier alpha value is -3.33. The third kappa shape index (κ3) is 4.27. The van der Waals surface area contributed by atoms with Crippen LogP contribution in [-0.2, 0) is 4.74 Å². The molecule has 0 bridgehead atoms. The summed E-state index contributed by atoms with van der Waals surface area (Å²) in [6, 6.07) is 12.5. The summed E-state index contributed by atoms with van der Waals surface area (Å²) >= 11 is 0. The summed E-state index contributed by atoms with van der Waals surface area (Å²) in [6.07, 6.45) is 1.81. The summed E-state index contributed by atoms with van der Waals surface area (Å²) in [5.41, 5.74) is 0.382. The molecular weight excluding hydrogens is 397 g/mol.